The van der Waals surface area contributed by atoms with E-state index in [0.29, 0.717) is 19.0 Å². The van der Waals surface area contributed by atoms with E-state index in [2.05, 4.69) is 49.6 Å². The second kappa shape index (κ2) is 5.64. The summed E-state index contributed by atoms with van der Waals surface area (Å²) in [5.41, 5.74) is 2.53. The van der Waals surface area contributed by atoms with Crippen LogP contribution in [-0.2, 0) is 10.2 Å². The van der Waals surface area contributed by atoms with Crippen molar-refractivity contribution in [2.45, 2.75) is 51.5 Å². The molecule has 1 aromatic carbocycles. The third-order valence-corrected chi connectivity index (χ3v) is 3.35. The zero-order chi connectivity index (χ0) is 13.9. The number of hydrogen-bond donors (Lipinski definition) is 2. The van der Waals surface area contributed by atoms with E-state index in [1.807, 2.05) is 6.07 Å². The number of amides is 1. The lowest BCUT2D eigenvalue weighted by Crippen LogP contribution is -2.27. The molecule has 19 heavy (non-hydrogen) atoms. The number of carbonyl (C=O) groups is 1. The van der Waals surface area contributed by atoms with Gasteiger partial charge in [-0.05, 0) is 29.9 Å². The summed E-state index contributed by atoms with van der Waals surface area (Å²) in [6.45, 7) is 7.29. The van der Waals surface area contributed by atoms with E-state index in [1.165, 1.54) is 5.56 Å². The van der Waals surface area contributed by atoms with Crippen LogP contribution in [0.1, 0.15) is 45.6 Å². The highest BCUT2D eigenvalue weighted by Gasteiger charge is 2.23. The topological polar surface area (TPSA) is 41.1 Å². The Balaban J connectivity index is 1.86. The third kappa shape index (κ3) is 4.27. The van der Waals surface area contributed by atoms with Gasteiger partial charge in [0.1, 0.15) is 0 Å². The first-order valence-electron chi connectivity index (χ1n) is 7.09. The van der Waals surface area contributed by atoms with Gasteiger partial charge in [0.25, 0.3) is 0 Å². The normalized spacial score (nSPS) is 15.1. The standard InChI is InChI=1S/C16H24N2O/c1-16(2,3)13-6-4-5-7-14(13)17-11-10-15(19)18-12-8-9-12/h4-7,12,17H,8-11H2,1-3H3,(H,18,19). The molecular weight excluding hydrogens is 236 g/mol. The van der Waals surface area contributed by atoms with Crippen molar-refractivity contribution >= 4 is 11.6 Å². The number of carbonyl (C=O) groups excluding carboxylic acids is 1. The number of hydrogen-bond acceptors (Lipinski definition) is 2. The predicted octanol–water partition coefficient (Wildman–Crippen LogP) is 3.06. The molecule has 0 bridgehead atoms. The molecule has 3 nitrogen and oxygen atoms in total. The number of rotatable bonds is 5. The fourth-order valence-corrected chi connectivity index (χ4v) is 2.13. The average Bonchev–Trinajstić information content (AvgIpc) is 3.12. The lowest BCUT2D eigenvalue weighted by atomic mass is 9.86. The first-order valence-corrected chi connectivity index (χ1v) is 7.09. The predicted molar refractivity (Wildman–Crippen MR) is 79.4 cm³/mol. The molecule has 1 saturated carbocycles. The average molecular weight is 260 g/mol. The summed E-state index contributed by atoms with van der Waals surface area (Å²) in [5.74, 6) is 0.156. The zero-order valence-electron chi connectivity index (χ0n) is 12.1. The van der Waals surface area contributed by atoms with Crippen molar-refractivity contribution in [1.29, 1.82) is 0 Å². The molecule has 3 heteroatoms. The van der Waals surface area contributed by atoms with Crippen molar-refractivity contribution in [3.05, 3.63) is 29.8 Å². The van der Waals surface area contributed by atoms with Crippen molar-refractivity contribution in [1.82, 2.24) is 5.32 Å². The molecule has 1 aromatic rings. The molecule has 0 aliphatic heterocycles. The van der Waals surface area contributed by atoms with Gasteiger partial charge in [0.15, 0.2) is 0 Å². The maximum absolute atomic E-state index is 11.6. The van der Waals surface area contributed by atoms with Gasteiger partial charge in [-0.2, -0.15) is 0 Å². The number of anilines is 1. The van der Waals surface area contributed by atoms with Gasteiger partial charge in [-0.15, -0.1) is 0 Å². The van der Waals surface area contributed by atoms with Gasteiger partial charge >= 0.3 is 0 Å². The monoisotopic (exact) mass is 260 g/mol. The number of benzene rings is 1. The van der Waals surface area contributed by atoms with Gasteiger partial charge in [-0.1, -0.05) is 39.0 Å². The Labute approximate surface area is 115 Å². The van der Waals surface area contributed by atoms with E-state index in [-0.39, 0.29) is 11.3 Å². The minimum atomic E-state index is 0.111. The summed E-state index contributed by atoms with van der Waals surface area (Å²) >= 11 is 0. The van der Waals surface area contributed by atoms with Crippen molar-refractivity contribution in [2.24, 2.45) is 0 Å². The summed E-state index contributed by atoms with van der Waals surface area (Å²) in [7, 11) is 0. The van der Waals surface area contributed by atoms with E-state index in [9.17, 15) is 4.79 Å². The lowest BCUT2D eigenvalue weighted by molar-refractivity contribution is -0.120. The summed E-state index contributed by atoms with van der Waals surface area (Å²) < 4.78 is 0. The Morgan fingerprint density at radius 2 is 1.95 bits per heavy atom. The fraction of sp³-hybridized carbons (Fsp3) is 0.562. The van der Waals surface area contributed by atoms with Crippen LogP contribution >= 0.6 is 0 Å². The molecule has 0 radical (unpaired) electrons. The van der Waals surface area contributed by atoms with Crippen LogP contribution in [0.3, 0.4) is 0 Å². The number of para-hydroxylation sites is 1. The van der Waals surface area contributed by atoms with E-state index in [1.54, 1.807) is 0 Å². The van der Waals surface area contributed by atoms with Crippen molar-refractivity contribution in [3.8, 4) is 0 Å². The van der Waals surface area contributed by atoms with E-state index < -0.39 is 0 Å². The quantitative estimate of drug-likeness (QED) is 0.854. The van der Waals surface area contributed by atoms with Gasteiger partial charge in [-0.25, -0.2) is 0 Å². The third-order valence-electron chi connectivity index (χ3n) is 3.35. The highest BCUT2D eigenvalue weighted by atomic mass is 16.1. The van der Waals surface area contributed by atoms with Gasteiger partial charge in [0, 0.05) is 24.7 Å². The van der Waals surface area contributed by atoms with Crippen LogP contribution in [0.4, 0.5) is 5.69 Å². The summed E-state index contributed by atoms with van der Waals surface area (Å²) in [6, 6.07) is 8.77. The van der Waals surface area contributed by atoms with Crippen LogP contribution in [0.15, 0.2) is 24.3 Å². The summed E-state index contributed by atoms with van der Waals surface area (Å²) in [6.07, 6.45) is 2.83. The van der Waals surface area contributed by atoms with Crippen LogP contribution < -0.4 is 10.6 Å². The van der Waals surface area contributed by atoms with Crippen LogP contribution in [0.25, 0.3) is 0 Å². The van der Waals surface area contributed by atoms with Gasteiger partial charge in [0.2, 0.25) is 5.91 Å². The first-order chi connectivity index (χ1) is 8.97. The molecule has 104 valence electrons. The minimum absolute atomic E-state index is 0.111. The van der Waals surface area contributed by atoms with Crippen molar-refractivity contribution < 1.29 is 4.79 Å². The Kier molecular flexibility index (Phi) is 4.13. The van der Waals surface area contributed by atoms with Crippen LogP contribution in [0.2, 0.25) is 0 Å². The highest BCUT2D eigenvalue weighted by molar-refractivity contribution is 5.77. The van der Waals surface area contributed by atoms with E-state index in [4.69, 9.17) is 0 Å². The van der Waals surface area contributed by atoms with Crippen molar-refractivity contribution in [3.63, 3.8) is 0 Å². The SMILES string of the molecule is CC(C)(C)c1ccccc1NCCC(=O)NC1CC1. The lowest BCUT2D eigenvalue weighted by Gasteiger charge is -2.23. The molecule has 1 fully saturated rings. The van der Waals surface area contributed by atoms with E-state index in [0.717, 1.165) is 18.5 Å². The highest BCUT2D eigenvalue weighted by Crippen LogP contribution is 2.29. The molecule has 2 N–H and O–H groups in total. The largest absolute Gasteiger partial charge is 0.384 e. The molecule has 0 heterocycles. The van der Waals surface area contributed by atoms with Crippen molar-refractivity contribution in [2.75, 3.05) is 11.9 Å². The van der Waals surface area contributed by atoms with Gasteiger partial charge < -0.3 is 10.6 Å². The van der Waals surface area contributed by atoms with Gasteiger partial charge in [0.05, 0.1) is 0 Å². The van der Waals surface area contributed by atoms with Gasteiger partial charge in [-0.3, -0.25) is 4.79 Å². The summed E-state index contributed by atoms with van der Waals surface area (Å²) in [5, 5.41) is 6.39. The second-order valence-corrected chi connectivity index (χ2v) is 6.31. The molecule has 0 saturated heterocycles. The molecule has 1 aliphatic rings. The maximum atomic E-state index is 11.6. The first kappa shape index (κ1) is 13.9. The molecule has 0 spiro atoms. The maximum Gasteiger partial charge on any atom is 0.221 e. The minimum Gasteiger partial charge on any atom is -0.384 e. The van der Waals surface area contributed by atoms with Crippen LogP contribution in [0.5, 0.6) is 0 Å². The summed E-state index contributed by atoms with van der Waals surface area (Å²) in [4.78, 5) is 11.6. The molecular formula is C16H24N2O. The molecule has 1 aliphatic carbocycles. The zero-order valence-corrected chi connectivity index (χ0v) is 12.1. The number of nitrogens with one attached hydrogen (secondary N) is 2. The Bertz CT molecular complexity index is 444. The molecule has 0 aromatic heterocycles. The molecule has 0 atom stereocenters. The Hall–Kier alpha value is -1.51. The fourth-order valence-electron chi connectivity index (χ4n) is 2.13. The second-order valence-electron chi connectivity index (χ2n) is 6.31. The smallest absolute Gasteiger partial charge is 0.221 e. The van der Waals surface area contributed by atoms with Crippen LogP contribution in [-0.4, -0.2) is 18.5 Å². The van der Waals surface area contributed by atoms with E-state index >= 15 is 0 Å². The van der Waals surface area contributed by atoms with Crippen LogP contribution in [0, 0.1) is 0 Å². The molecule has 1 amide bonds. The Morgan fingerprint density at radius 3 is 2.58 bits per heavy atom. The molecule has 2 rings (SSSR count). The molecule has 0 unspecified atom stereocenters. The Morgan fingerprint density at radius 1 is 1.26 bits per heavy atom.